The van der Waals surface area contributed by atoms with Gasteiger partial charge >= 0.3 is 6.18 Å². The molecular formula is C29H35F4N3O4. The van der Waals surface area contributed by atoms with Crippen LogP contribution in [0.5, 0.6) is 0 Å². The first-order valence-electron chi connectivity index (χ1n) is 13.5. The highest BCUT2D eigenvalue weighted by Crippen LogP contribution is 2.52. The van der Waals surface area contributed by atoms with Gasteiger partial charge in [-0.05, 0) is 25.3 Å². The lowest BCUT2D eigenvalue weighted by Gasteiger charge is -2.52. The summed E-state index contributed by atoms with van der Waals surface area (Å²) in [5.74, 6) is -2.88. The summed E-state index contributed by atoms with van der Waals surface area (Å²) >= 11 is 0. The number of aliphatic hydroxyl groups is 1. The summed E-state index contributed by atoms with van der Waals surface area (Å²) in [4.78, 5) is 42.1. The van der Waals surface area contributed by atoms with Crippen LogP contribution in [0.2, 0.25) is 0 Å². The fraction of sp³-hybridized carbons (Fsp3) is 0.552. The van der Waals surface area contributed by atoms with E-state index in [1.165, 1.54) is 65.8 Å². The molecule has 40 heavy (non-hydrogen) atoms. The van der Waals surface area contributed by atoms with Gasteiger partial charge in [0, 0.05) is 61.9 Å². The Morgan fingerprint density at radius 3 is 2.35 bits per heavy atom. The second kappa shape index (κ2) is 11.0. The van der Waals surface area contributed by atoms with E-state index >= 15 is 0 Å². The van der Waals surface area contributed by atoms with Gasteiger partial charge in [0.2, 0.25) is 5.91 Å². The second-order valence-corrected chi connectivity index (χ2v) is 11.5. The van der Waals surface area contributed by atoms with Crippen molar-refractivity contribution in [3.05, 3.63) is 58.3 Å². The molecule has 2 aliphatic rings. The molecule has 0 bridgehead atoms. The molecule has 11 heteroatoms. The summed E-state index contributed by atoms with van der Waals surface area (Å²) in [5, 5.41) is 12.1. The number of aromatic nitrogens is 1. The minimum Gasteiger partial charge on any atom is -0.387 e. The maximum Gasteiger partial charge on any atom is 0.389 e. The van der Waals surface area contributed by atoms with Crippen molar-refractivity contribution >= 4 is 11.8 Å². The van der Waals surface area contributed by atoms with Crippen LogP contribution in [0.25, 0.3) is 11.1 Å². The third kappa shape index (κ3) is 5.80. The zero-order valence-electron chi connectivity index (χ0n) is 22.9. The molecule has 2 aromatic rings. The number of rotatable bonds is 6. The predicted molar refractivity (Wildman–Crippen MR) is 141 cm³/mol. The number of carbonyl (C=O) groups excluding carboxylic acids is 2. The van der Waals surface area contributed by atoms with E-state index in [1.807, 2.05) is 0 Å². The van der Waals surface area contributed by atoms with Gasteiger partial charge in [0.05, 0.1) is 24.1 Å². The summed E-state index contributed by atoms with van der Waals surface area (Å²) in [7, 11) is 3.08. The SMILES string of the molecule is CC(CC(F)(F)F)C(=O)N1CCC(O)(Cn2cc(C(=O)N(C)C)c(-c3ccccc3F)cc2=O)C2(CCCC2)C1. The van der Waals surface area contributed by atoms with Crippen LogP contribution >= 0.6 is 0 Å². The maximum absolute atomic E-state index is 14.7. The summed E-state index contributed by atoms with van der Waals surface area (Å²) in [5.41, 5.74) is -2.47. The molecule has 4 rings (SSSR count). The number of benzene rings is 1. The minimum absolute atomic E-state index is 0.0465. The molecule has 1 saturated carbocycles. The summed E-state index contributed by atoms with van der Waals surface area (Å²) in [6.45, 7) is 1.23. The molecule has 1 aliphatic carbocycles. The normalized spacial score (nSPS) is 21.4. The molecule has 1 aromatic heterocycles. The van der Waals surface area contributed by atoms with Gasteiger partial charge in [-0.25, -0.2) is 4.39 Å². The molecule has 2 heterocycles. The number of halogens is 4. The lowest BCUT2D eigenvalue weighted by atomic mass is 9.65. The lowest BCUT2D eigenvalue weighted by molar-refractivity contribution is -0.172. The first-order chi connectivity index (χ1) is 18.7. The van der Waals surface area contributed by atoms with Gasteiger partial charge in [0.25, 0.3) is 11.5 Å². The fourth-order valence-electron chi connectivity index (χ4n) is 6.33. The Labute approximate surface area is 230 Å². The monoisotopic (exact) mass is 565 g/mol. The van der Waals surface area contributed by atoms with Crippen LogP contribution < -0.4 is 5.56 Å². The highest BCUT2D eigenvalue weighted by Gasteiger charge is 2.56. The van der Waals surface area contributed by atoms with Crippen molar-refractivity contribution < 1.29 is 32.3 Å². The molecule has 1 N–H and O–H groups in total. The Hall–Kier alpha value is -3.21. The quantitative estimate of drug-likeness (QED) is 0.524. The average Bonchev–Trinajstić information content (AvgIpc) is 3.35. The molecule has 2 fully saturated rings. The van der Waals surface area contributed by atoms with Crippen LogP contribution in [0.4, 0.5) is 17.6 Å². The average molecular weight is 566 g/mol. The first kappa shape index (κ1) is 29.8. The van der Waals surface area contributed by atoms with Gasteiger partial charge in [-0.3, -0.25) is 14.4 Å². The third-order valence-corrected chi connectivity index (χ3v) is 8.47. The third-order valence-electron chi connectivity index (χ3n) is 8.47. The summed E-state index contributed by atoms with van der Waals surface area (Å²) in [6, 6.07) is 7.02. The van der Waals surface area contributed by atoms with E-state index in [0.717, 1.165) is 12.8 Å². The molecule has 0 radical (unpaired) electrons. The molecule has 2 atom stereocenters. The molecule has 1 aromatic carbocycles. The van der Waals surface area contributed by atoms with Crippen LogP contribution in [0, 0.1) is 17.2 Å². The van der Waals surface area contributed by atoms with Crippen LogP contribution in [-0.2, 0) is 11.3 Å². The molecule has 1 spiro atoms. The molecule has 2 amide bonds. The van der Waals surface area contributed by atoms with E-state index in [4.69, 9.17) is 0 Å². The van der Waals surface area contributed by atoms with Crippen LogP contribution in [0.1, 0.15) is 55.8 Å². The second-order valence-electron chi connectivity index (χ2n) is 11.5. The van der Waals surface area contributed by atoms with E-state index in [1.54, 1.807) is 6.07 Å². The Bertz CT molecular complexity index is 1330. The Morgan fingerprint density at radius 1 is 1.10 bits per heavy atom. The maximum atomic E-state index is 14.7. The number of carbonyl (C=O) groups is 2. The molecule has 1 aliphatic heterocycles. The summed E-state index contributed by atoms with van der Waals surface area (Å²) in [6.07, 6.45) is -1.63. The number of likely N-dealkylation sites (tertiary alicyclic amines) is 1. The van der Waals surface area contributed by atoms with Crippen molar-refractivity contribution in [2.24, 2.45) is 11.3 Å². The van der Waals surface area contributed by atoms with Crippen molar-refractivity contribution in [2.75, 3.05) is 27.2 Å². The Balaban J connectivity index is 1.69. The number of piperidine rings is 1. The highest BCUT2D eigenvalue weighted by molar-refractivity contribution is 6.00. The van der Waals surface area contributed by atoms with E-state index in [9.17, 15) is 37.1 Å². The zero-order chi connectivity index (χ0) is 29.5. The topological polar surface area (TPSA) is 82.8 Å². The van der Waals surface area contributed by atoms with Crippen molar-refractivity contribution in [3.8, 4) is 11.1 Å². The molecule has 7 nitrogen and oxygen atoms in total. The van der Waals surface area contributed by atoms with Crippen molar-refractivity contribution in [2.45, 2.75) is 63.8 Å². The highest BCUT2D eigenvalue weighted by atomic mass is 19.4. The molecular weight excluding hydrogens is 530 g/mol. The van der Waals surface area contributed by atoms with E-state index < -0.39 is 52.7 Å². The van der Waals surface area contributed by atoms with Gasteiger partial charge in [-0.1, -0.05) is 38.0 Å². The first-order valence-corrected chi connectivity index (χ1v) is 13.5. The van der Waals surface area contributed by atoms with Gasteiger partial charge in [-0.15, -0.1) is 0 Å². The molecule has 1 saturated heterocycles. The largest absolute Gasteiger partial charge is 0.389 e. The minimum atomic E-state index is -4.46. The Morgan fingerprint density at radius 2 is 1.75 bits per heavy atom. The summed E-state index contributed by atoms with van der Waals surface area (Å²) < 4.78 is 54.7. The van der Waals surface area contributed by atoms with Crippen molar-refractivity contribution in [1.29, 1.82) is 0 Å². The van der Waals surface area contributed by atoms with Gasteiger partial charge < -0.3 is 19.5 Å². The van der Waals surface area contributed by atoms with Crippen LogP contribution in [-0.4, -0.2) is 70.3 Å². The number of alkyl halides is 3. The number of amides is 2. The van der Waals surface area contributed by atoms with Crippen LogP contribution in [0.3, 0.4) is 0 Å². The fourth-order valence-corrected chi connectivity index (χ4v) is 6.33. The lowest BCUT2D eigenvalue weighted by Crippen LogP contribution is -2.62. The number of hydrogen-bond donors (Lipinski definition) is 1. The van der Waals surface area contributed by atoms with Gasteiger partial charge in [0.15, 0.2) is 0 Å². The number of hydrogen-bond acceptors (Lipinski definition) is 4. The van der Waals surface area contributed by atoms with E-state index in [-0.39, 0.29) is 42.7 Å². The predicted octanol–water partition coefficient (Wildman–Crippen LogP) is 4.47. The molecule has 218 valence electrons. The van der Waals surface area contributed by atoms with Crippen molar-refractivity contribution in [3.63, 3.8) is 0 Å². The number of nitrogens with zero attached hydrogens (tertiary/aromatic N) is 3. The standard InChI is InChI=1S/C29H35F4N3O4/c1-19(15-29(31,32)33)25(38)35-13-12-28(40,27(17-35)10-6-7-11-27)18-36-16-22(26(39)34(2)3)21(14-24(36)37)20-8-4-5-9-23(20)30/h4-5,8-9,14,16,19,40H,6-7,10-13,15,17-18H2,1-3H3. The van der Waals surface area contributed by atoms with Gasteiger partial charge in [0.1, 0.15) is 5.82 Å². The molecule has 2 unspecified atom stereocenters. The Kier molecular flexibility index (Phi) is 8.18. The van der Waals surface area contributed by atoms with Gasteiger partial charge in [-0.2, -0.15) is 13.2 Å². The smallest absolute Gasteiger partial charge is 0.387 e. The zero-order valence-corrected chi connectivity index (χ0v) is 22.9. The van der Waals surface area contributed by atoms with Crippen LogP contribution in [0.15, 0.2) is 41.3 Å². The van der Waals surface area contributed by atoms with Crippen molar-refractivity contribution in [1.82, 2.24) is 14.4 Å². The van der Waals surface area contributed by atoms with E-state index in [2.05, 4.69) is 0 Å². The van der Waals surface area contributed by atoms with E-state index in [0.29, 0.717) is 12.8 Å². The number of pyridine rings is 1.